The van der Waals surface area contributed by atoms with E-state index < -0.39 is 0 Å². The molecule has 0 spiro atoms. The molecule has 0 radical (unpaired) electrons. The van der Waals surface area contributed by atoms with Crippen molar-refractivity contribution in [3.8, 4) is 0 Å². The van der Waals surface area contributed by atoms with Gasteiger partial charge in [-0.1, -0.05) is 48.0 Å². The van der Waals surface area contributed by atoms with E-state index in [4.69, 9.17) is 0 Å². The fraction of sp³-hybridized carbons (Fsp3) is 0.412. The van der Waals surface area contributed by atoms with Gasteiger partial charge in [0.15, 0.2) is 0 Å². The summed E-state index contributed by atoms with van der Waals surface area (Å²) in [6, 6.07) is 11.5. The lowest BCUT2D eigenvalue weighted by molar-refractivity contribution is 0.321. The summed E-state index contributed by atoms with van der Waals surface area (Å²) in [7, 11) is 2.17. The Labute approximate surface area is 140 Å². The van der Waals surface area contributed by atoms with Crippen molar-refractivity contribution in [1.82, 2.24) is 10.2 Å². The Balaban J connectivity index is 1.93. The summed E-state index contributed by atoms with van der Waals surface area (Å²) in [5.41, 5.74) is 2.66. The topological polar surface area (TPSA) is 15.3 Å². The smallest absolute Gasteiger partial charge is 0.0328 e. The van der Waals surface area contributed by atoms with Crippen LogP contribution in [0.5, 0.6) is 0 Å². The van der Waals surface area contributed by atoms with Crippen molar-refractivity contribution in [2.75, 3.05) is 7.05 Å². The first-order valence-electron chi connectivity index (χ1n) is 7.26. The van der Waals surface area contributed by atoms with Crippen LogP contribution in [-0.2, 0) is 19.6 Å². The molecule has 0 bridgehead atoms. The van der Waals surface area contributed by atoms with Crippen LogP contribution in [0.25, 0.3) is 0 Å². The van der Waals surface area contributed by atoms with E-state index in [9.17, 15) is 0 Å². The molecule has 114 valence electrons. The summed E-state index contributed by atoms with van der Waals surface area (Å²) in [6.07, 6.45) is 0. The largest absolute Gasteiger partial charge is 0.310 e. The van der Waals surface area contributed by atoms with Crippen LogP contribution >= 0.6 is 27.3 Å². The van der Waals surface area contributed by atoms with Gasteiger partial charge in [-0.25, -0.2) is 0 Å². The predicted octanol–water partition coefficient (Wildman–Crippen LogP) is 4.64. The highest BCUT2D eigenvalue weighted by atomic mass is 79.9. The molecule has 0 aliphatic rings. The summed E-state index contributed by atoms with van der Waals surface area (Å²) in [6.45, 7) is 7.21. The molecule has 2 rings (SSSR count). The number of hydrogen-bond donors (Lipinski definition) is 1. The summed E-state index contributed by atoms with van der Waals surface area (Å²) >= 11 is 5.52. The van der Waals surface area contributed by atoms with Gasteiger partial charge < -0.3 is 5.32 Å². The van der Waals surface area contributed by atoms with Crippen molar-refractivity contribution in [1.29, 1.82) is 0 Å². The molecule has 0 aliphatic carbocycles. The third-order valence-corrected chi connectivity index (χ3v) is 4.88. The van der Waals surface area contributed by atoms with E-state index in [1.165, 1.54) is 20.5 Å². The number of thiophene rings is 1. The average molecular weight is 367 g/mol. The molecule has 0 saturated heterocycles. The zero-order valence-corrected chi connectivity index (χ0v) is 15.3. The lowest BCUT2D eigenvalue weighted by Gasteiger charge is -2.17. The highest BCUT2D eigenvalue weighted by molar-refractivity contribution is 9.10. The Bertz CT molecular complexity index is 552. The third kappa shape index (κ3) is 5.55. The zero-order valence-electron chi connectivity index (χ0n) is 12.9. The molecular formula is C17H23BrN2S. The van der Waals surface area contributed by atoms with Crippen molar-refractivity contribution in [3.63, 3.8) is 0 Å². The maximum absolute atomic E-state index is 3.71. The molecule has 0 unspecified atom stereocenters. The fourth-order valence-electron chi connectivity index (χ4n) is 2.17. The molecule has 21 heavy (non-hydrogen) atoms. The van der Waals surface area contributed by atoms with Gasteiger partial charge in [-0.2, -0.15) is 0 Å². The van der Waals surface area contributed by atoms with Crippen molar-refractivity contribution < 1.29 is 0 Å². The molecule has 2 aromatic rings. The van der Waals surface area contributed by atoms with Crippen LogP contribution in [0.2, 0.25) is 0 Å². The summed E-state index contributed by atoms with van der Waals surface area (Å²) in [5.74, 6) is 0. The molecular weight excluding hydrogens is 344 g/mol. The molecule has 4 heteroatoms. The molecule has 0 saturated carbocycles. The van der Waals surface area contributed by atoms with Crippen LogP contribution in [0, 0.1) is 0 Å². The third-order valence-electron chi connectivity index (χ3n) is 3.28. The number of halogens is 1. The quantitative estimate of drug-likeness (QED) is 0.767. The molecule has 1 aromatic carbocycles. The molecule has 1 N–H and O–H groups in total. The van der Waals surface area contributed by atoms with Gasteiger partial charge in [0.25, 0.3) is 0 Å². The van der Waals surface area contributed by atoms with Gasteiger partial charge in [-0.05, 0) is 35.7 Å². The lowest BCUT2D eigenvalue weighted by atomic mass is 10.1. The van der Waals surface area contributed by atoms with Crippen molar-refractivity contribution >= 4 is 27.3 Å². The summed E-state index contributed by atoms with van der Waals surface area (Å²) < 4.78 is 1.20. The second kappa shape index (κ2) is 8.08. The fourth-order valence-corrected chi connectivity index (χ4v) is 3.50. The van der Waals surface area contributed by atoms with E-state index in [-0.39, 0.29) is 0 Å². The minimum Gasteiger partial charge on any atom is -0.310 e. The Morgan fingerprint density at radius 3 is 2.67 bits per heavy atom. The molecule has 1 heterocycles. The first kappa shape index (κ1) is 16.7. The van der Waals surface area contributed by atoms with E-state index in [2.05, 4.69) is 82.8 Å². The maximum atomic E-state index is 3.71. The maximum Gasteiger partial charge on any atom is 0.0328 e. The number of hydrogen-bond acceptors (Lipinski definition) is 3. The van der Waals surface area contributed by atoms with Crippen molar-refractivity contribution in [2.45, 2.75) is 39.5 Å². The Hall–Kier alpha value is -0.680. The van der Waals surface area contributed by atoms with E-state index in [0.29, 0.717) is 6.04 Å². The first-order chi connectivity index (χ1) is 10.0. The number of nitrogens with one attached hydrogen (secondary N) is 1. The van der Waals surface area contributed by atoms with Crippen molar-refractivity contribution in [3.05, 3.63) is 56.2 Å². The predicted molar refractivity (Wildman–Crippen MR) is 95.6 cm³/mol. The molecule has 0 atom stereocenters. The lowest BCUT2D eigenvalue weighted by Crippen LogP contribution is -2.22. The second-order valence-electron chi connectivity index (χ2n) is 5.71. The number of rotatable bonds is 7. The number of nitrogens with zero attached hydrogens (tertiary/aromatic N) is 1. The summed E-state index contributed by atoms with van der Waals surface area (Å²) in [5, 5.41) is 5.58. The van der Waals surface area contributed by atoms with Gasteiger partial charge in [-0.15, -0.1) is 11.3 Å². The van der Waals surface area contributed by atoms with Crippen LogP contribution in [0.3, 0.4) is 0 Å². The molecule has 1 aromatic heterocycles. The molecule has 0 aliphatic heterocycles. The Kier molecular flexibility index (Phi) is 6.42. The Morgan fingerprint density at radius 2 is 2.05 bits per heavy atom. The van der Waals surface area contributed by atoms with Gasteiger partial charge in [0.1, 0.15) is 0 Å². The van der Waals surface area contributed by atoms with Crippen LogP contribution in [0.15, 0.2) is 40.2 Å². The SMILES string of the molecule is CC(C)NCc1ccc(CN(C)Cc2cccs2)c(Br)c1. The van der Waals surface area contributed by atoms with Crippen LogP contribution in [-0.4, -0.2) is 18.0 Å². The first-order valence-corrected chi connectivity index (χ1v) is 8.93. The van der Waals surface area contributed by atoms with Crippen LogP contribution in [0.4, 0.5) is 0 Å². The van der Waals surface area contributed by atoms with E-state index in [1.54, 1.807) is 0 Å². The van der Waals surface area contributed by atoms with Crippen LogP contribution < -0.4 is 5.32 Å². The van der Waals surface area contributed by atoms with Crippen LogP contribution in [0.1, 0.15) is 29.9 Å². The molecule has 0 amide bonds. The minimum absolute atomic E-state index is 0.514. The average Bonchev–Trinajstić information content (AvgIpc) is 2.92. The van der Waals surface area contributed by atoms with E-state index in [1.807, 2.05) is 11.3 Å². The standard InChI is InChI=1S/C17H23BrN2S/c1-13(2)19-10-14-6-7-15(17(18)9-14)11-20(3)12-16-5-4-8-21-16/h4-9,13,19H,10-12H2,1-3H3. The highest BCUT2D eigenvalue weighted by Crippen LogP contribution is 2.21. The molecule has 0 fully saturated rings. The highest BCUT2D eigenvalue weighted by Gasteiger charge is 2.07. The zero-order chi connectivity index (χ0) is 15.2. The monoisotopic (exact) mass is 366 g/mol. The Morgan fingerprint density at radius 1 is 1.24 bits per heavy atom. The van der Waals surface area contributed by atoms with Gasteiger partial charge in [0.2, 0.25) is 0 Å². The van der Waals surface area contributed by atoms with E-state index in [0.717, 1.165) is 19.6 Å². The minimum atomic E-state index is 0.514. The second-order valence-corrected chi connectivity index (χ2v) is 7.60. The summed E-state index contributed by atoms with van der Waals surface area (Å²) in [4.78, 5) is 3.75. The molecule has 2 nitrogen and oxygen atoms in total. The van der Waals surface area contributed by atoms with Crippen molar-refractivity contribution in [2.24, 2.45) is 0 Å². The van der Waals surface area contributed by atoms with Gasteiger partial charge in [0, 0.05) is 35.0 Å². The van der Waals surface area contributed by atoms with Gasteiger partial charge in [0.05, 0.1) is 0 Å². The number of benzene rings is 1. The van der Waals surface area contributed by atoms with Gasteiger partial charge in [-0.3, -0.25) is 4.90 Å². The normalized spacial score (nSPS) is 11.5. The van der Waals surface area contributed by atoms with E-state index >= 15 is 0 Å². The van der Waals surface area contributed by atoms with Gasteiger partial charge >= 0.3 is 0 Å².